The van der Waals surface area contributed by atoms with Gasteiger partial charge in [-0.1, -0.05) is 48.5 Å². The van der Waals surface area contributed by atoms with Crippen LogP contribution in [0.25, 0.3) is 11.0 Å². The van der Waals surface area contributed by atoms with Crippen LogP contribution in [0, 0.1) is 0 Å². The van der Waals surface area contributed by atoms with Crippen LogP contribution in [0.1, 0.15) is 52.9 Å². The molecule has 3 N–H and O–H groups in total. The Labute approximate surface area is 265 Å². The molecule has 1 aliphatic rings. The van der Waals surface area contributed by atoms with Gasteiger partial charge in [0.1, 0.15) is 5.69 Å². The lowest BCUT2D eigenvalue weighted by atomic mass is 10.0. The third kappa shape index (κ3) is 7.73. The fourth-order valence-corrected chi connectivity index (χ4v) is 6.00. The lowest BCUT2D eigenvalue weighted by molar-refractivity contribution is -0.245. The molecule has 0 saturated carbocycles. The number of aromatic nitrogens is 2. The predicted octanol–water partition coefficient (Wildman–Crippen LogP) is 6.67. The van der Waals surface area contributed by atoms with Crippen LogP contribution in [0.15, 0.2) is 108 Å². The van der Waals surface area contributed by atoms with Crippen molar-refractivity contribution in [1.29, 1.82) is 0 Å². The number of thioether (sulfide) groups is 1. The topological polar surface area (TPSA) is 123 Å². The Balaban J connectivity index is 1.19. The SMILES string of the molecule is CC(=O)Nc1ccc(SC[C@@H]2C[C@H](c3ccc(CO)cc3)O[C@H](c3cccc(NC(=O)c4cnc5ccccc5n4)c3)O2)cc1. The van der Waals surface area contributed by atoms with Gasteiger partial charge in [-0.05, 0) is 59.7 Å². The molecular weight excluding hydrogens is 588 g/mol. The number of nitrogens with one attached hydrogen (secondary N) is 2. The molecule has 10 heteroatoms. The van der Waals surface area contributed by atoms with Crippen molar-refractivity contribution in [2.24, 2.45) is 0 Å². The highest BCUT2D eigenvalue weighted by atomic mass is 32.2. The number of hydrogen-bond donors (Lipinski definition) is 3. The van der Waals surface area contributed by atoms with E-state index >= 15 is 0 Å². The van der Waals surface area contributed by atoms with Crippen LogP contribution < -0.4 is 10.6 Å². The van der Waals surface area contributed by atoms with Crippen molar-refractivity contribution in [2.75, 3.05) is 16.4 Å². The van der Waals surface area contributed by atoms with Crippen molar-refractivity contribution in [2.45, 2.75) is 43.3 Å². The molecule has 1 saturated heterocycles. The summed E-state index contributed by atoms with van der Waals surface area (Å²) in [5.41, 5.74) is 5.51. The van der Waals surface area contributed by atoms with Crippen molar-refractivity contribution in [1.82, 2.24) is 9.97 Å². The maximum absolute atomic E-state index is 13.1. The first-order chi connectivity index (χ1) is 21.9. The fraction of sp³-hybridized carbons (Fsp3) is 0.200. The minimum absolute atomic E-state index is 0.0270. The van der Waals surface area contributed by atoms with E-state index < -0.39 is 6.29 Å². The smallest absolute Gasteiger partial charge is 0.275 e. The Morgan fingerprint density at radius 2 is 1.64 bits per heavy atom. The van der Waals surface area contributed by atoms with Gasteiger partial charge in [0.05, 0.1) is 36.0 Å². The van der Waals surface area contributed by atoms with Crippen molar-refractivity contribution < 1.29 is 24.2 Å². The zero-order valence-electron chi connectivity index (χ0n) is 24.6. The van der Waals surface area contributed by atoms with Gasteiger partial charge in [-0.15, -0.1) is 11.8 Å². The number of carbonyl (C=O) groups is 2. The van der Waals surface area contributed by atoms with Crippen molar-refractivity contribution in [3.63, 3.8) is 0 Å². The summed E-state index contributed by atoms with van der Waals surface area (Å²) in [6.45, 7) is 1.46. The van der Waals surface area contributed by atoms with Gasteiger partial charge in [-0.2, -0.15) is 0 Å². The van der Waals surface area contributed by atoms with E-state index in [1.807, 2.05) is 97.1 Å². The molecule has 0 unspecified atom stereocenters. The molecule has 4 aromatic carbocycles. The van der Waals surface area contributed by atoms with Gasteiger partial charge in [0.15, 0.2) is 6.29 Å². The molecule has 0 radical (unpaired) electrons. The van der Waals surface area contributed by atoms with E-state index in [9.17, 15) is 14.7 Å². The number of para-hydroxylation sites is 2. The molecule has 1 fully saturated rings. The summed E-state index contributed by atoms with van der Waals surface area (Å²) in [5.74, 6) is 0.208. The summed E-state index contributed by atoms with van der Waals surface area (Å²) < 4.78 is 13.0. The monoisotopic (exact) mass is 620 g/mol. The van der Waals surface area contributed by atoms with Crippen LogP contribution in [0.2, 0.25) is 0 Å². The minimum Gasteiger partial charge on any atom is -0.392 e. The van der Waals surface area contributed by atoms with E-state index in [0.29, 0.717) is 23.4 Å². The molecule has 0 spiro atoms. The fourth-order valence-electron chi connectivity index (χ4n) is 5.07. The Hall–Kier alpha value is -4.61. The largest absolute Gasteiger partial charge is 0.392 e. The average molecular weight is 621 g/mol. The number of benzene rings is 4. The summed E-state index contributed by atoms with van der Waals surface area (Å²) in [4.78, 5) is 34.3. The second-order valence-corrected chi connectivity index (χ2v) is 11.8. The molecule has 1 aliphatic heterocycles. The number of amides is 2. The van der Waals surface area contributed by atoms with E-state index in [-0.39, 0.29) is 36.3 Å². The number of nitrogens with zero attached hydrogens (tertiary/aromatic N) is 2. The Bertz CT molecular complexity index is 1800. The van der Waals surface area contributed by atoms with Crippen molar-refractivity contribution in [3.8, 4) is 0 Å². The second kappa shape index (κ2) is 14.0. The molecule has 5 aromatic rings. The molecule has 2 amide bonds. The van der Waals surface area contributed by atoms with Crippen LogP contribution in [0.5, 0.6) is 0 Å². The van der Waals surface area contributed by atoms with Crippen molar-refractivity contribution in [3.05, 3.63) is 126 Å². The number of aliphatic hydroxyl groups is 1. The molecule has 0 aliphatic carbocycles. The van der Waals surface area contributed by atoms with Gasteiger partial charge in [0.2, 0.25) is 5.91 Å². The Kier molecular flexibility index (Phi) is 9.46. The highest BCUT2D eigenvalue weighted by Gasteiger charge is 2.32. The van der Waals surface area contributed by atoms with Gasteiger partial charge in [-0.25, -0.2) is 4.98 Å². The van der Waals surface area contributed by atoms with Gasteiger partial charge in [0, 0.05) is 40.9 Å². The molecular formula is C35H32N4O5S. The lowest BCUT2D eigenvalue weighted by Crippen LogP contribution is -2.31. The van der Waals surface area contributed by atoms with E-state index in [2.05, 4.69) is 20.6 Å². The number of rotatable bonds is 9. The zero-order chi connectivity index (χ0) is 31.2. The zero-order valence-corrected chi connectivity index (χ0v) is 25.4. The van der Waals surface area contributed by atoms with Crippen LogP contribution >= 0.6 is 11.8 Å². The number of ether oxygens (including phenoxy) is 2. The van der Waals surface area contributed by atoms with Gasteiger partial charge in [0.25, 0.3) is 5.91 Å². The number of fused-ring (bicyclic) bond motifs is 1. The van der Waals surface area contributed by atoms with E-state index in [1.54, 1.807) is 11.8 Å². The summed E-state index contributed by atoms with van der Waals surface area (Å²) in [5, 5.41) is 15.2. The maximum atomic E-state index is 13.1. The maximum Gasteiger partial charge on any atom is 0.275 e. The van der Waals surface area contributed by atoms with Gasteiger partial charge < -0.3 is 25.2 Å². The summed E-state index contributed by atoms with van der Waals surface area (Å²) in [7, 11) is 0. The van der Waals surface area contributed by atoms with E-state index in [0.717, 1.165) is 32.8 Å². The number of anilines is 2. The normalized spacial score (nSPS) is 18.0. The Morgan fingerprint density at radius 1 is 0.867 bits per heavy atom. The van der Waals surface area contributed by atoms with Crippen LogP contribution in [-0.2, 0) is 20.9 Å². The summed E-state index contributed by atoms with van der Waals surface area (Å²) >= 11 is 1.67. The minimum atomic E-state index is -0.675. The third-order valence-electron chi connectivity index (χ3n) is 7.32. The number of hydrogen-bond acceptors (Lipinski definition) is 8. The summed E-state index contributed by atoms with van der Waals surface area (Å²) in [6, 6.07) is 30.3. The first-order valence-electron chi connectivity index (χ1n) is 14.6. The number of aliphatic hydroxyl groups excluding tert-OH is 1. The van der Waals surface area contributed by atoms with Crippen LogP contribution in [0.3, 0.4) is 0 Å². The first kappa shape index (κ1) is 30.4. The average Bonchev–Trinajstić information content (AvgIpc) is 3.07. The highest BCUT2D eigenvalue weighted by Crippen LogP contribution is 2.40. The lowest BCUT2D eigenvalue weighted by Gasteiger charge is -2.36. The molecule has 3 atom stereocenters. The molecule has 0 bridgehead atoms. The second-order valence-electron chi connectivity index (χ2n) is 10.7. The quantitative estimate of drug-likeness (QED) is 0.156. The van der Waals surface area contributed by atoms with Gasteiger partial charge in [-0.3, -0.25) is 14.6 Å². The summed E-state index contributed by atoms with van der Waals surface area (Å²) in [6.07, 6.45) is 1.05. The molecule has 1 aromatic heterocycles. The van der Waals surface area contributed by atoms with Crippen LogP contribution in [-0.4, -0.2) is 38.7 Å². The molecule has 9 nitrogen and oxygen atoms in total. The highest BCUT2D eigenvalue weighted by molar-refractivity contribution is 7.99. The first-order valence-corrected chi connectivity index (χ1v) is 15.6. The van der Waals surface area contributed by atoms with Crippen molar-refractivity contribution >= 4 is 46.0 Å². The van der Waals surface area contributed by atoms with Gasteiger partial charge >= 0.3 is 0 Å². The molecule has 6 rings (SSSR count). The molecule has 45 heavy (non-hydrogen) atoms. The van der Waals surface area contributed by atoms with E-state index in [4.69, 9.17) is 9.47 Å². The van der Waals surface area contributed by atoms with E-state index in [1.165, 1.54) is 13.1 Å². The standard InChI is InChI=1S/C35H32N4O5S/c1-22(41)37-26-13-15-29(16-14-26)45-21-28-18-33(24-11-9-23(20-40)10-12-24)44-35(43-28)25-5-4-6-27(17-25)38-34(42)32-19-36-30-7-2-3-8-31(30)39-32/h2-17,19,28,33,35,40H,18,20-21H2,1H3,(H,37,41)(H,38,42)/t28-,33+,35+/m0/s1. The molecule has 228 valence electrons. The number of carbonyl (C=O) groups excluding carboxylic acids is 2. The third-order valence-corrected chi connectivity index (χ3v) is 8.47. The molecule has 2 heterocycles. The van der Waals surface area contributed by atoms with Crippen LogP contribution in [0.4, 0.5) is 11.4 Å². The Morgan fingerprint density at radius 3 is 2.40 bits per heavy atom. The predicted molar refractivity (Wildman–Crippen MR) is 174 cm³/mol.